The third-order valence-electron chi connectivity index (χ3n) is 2.73. The highest BCUT2D eigenvalue weighted by Gasteiger charge is 2.17. The normalized spacial score (nSPS) is 15.3. The fourth-order valence-corrected chi connectivity index (χ4v) is 2.29. The molecule has 2 aromatic carbocycles. The van der Waals surface area contributed by atoms with Gasteiger partial charge in [-0.1, -0.05) is 24.3 Å². The van der Waals surface area contributed by atoms with Crippen LogP contribution in [-0.2, 0) is 13.6 Å². The second-order valence-corrected chi connectivity index (χ2v) is 5.26. The fourth-order valence-electron chi connectivity index (χ4n) is 1.60. The lowest BCUT2D eigenvalue weighted by atomic mass is 10.2. The summed E-state index contributed by atoms with van der Waals surface area (Å²) in [7, 11) is -3.24. The van der Waals surface area contributed by atoms with Gasteiger partial charge in [-0.3, -0.25) is 13.6 Å². The van der Waals surface area contributed by atoms with Crippen molar-refractivity contribution in [3.8, 4) is 0 Å². The summed E-state index contributed by atoms with van der Waals surface area (Å²) in [6.45, 7) is 0. The quantitative estimate of drug-likeness (QED) is 0.629. The van der Waals surface area contributed by atoms with E-state index in [1.54, 1.807) is 0 Å². The van der Waals surface area contributed by atoms with Crippen molar-refractivity contribution in [1.82, 2.24) is 0 Å². The lowest BCUT2D eigenvalue weighted by molar-refractivity contribution is -0.0619. The van der Waals surface area contributed by atoms with Gasteiger partial charge in [-0.2, -0.15) is 0 Å². The third kappa shape index (κ3) is 4.69. The van der Waals surface area contributed by atoms with Crippen LogP contribution in [0.1, 0.15) is 23.7 Å². The van der Waals surface area contributed by atoms with Crippen molar-refractivity contribution in [1.29, 1.82) is 0 Å². The lowest BCUT2D eigenvalue weighted by Gasteiger charge is -2.15. The van der Waals surface area contributed by atoms with Crippen LogP contribution in [0.4, 0.5) is 8.78 Å². The molecule has 0 heterocycles. The Kier molecular flexibility index (Phi) is 5.76. The molecule has 0 bridgehead atoms. The minimum Gasteiger partial charge on any atom is -0.364 e. The Balaban J connectivity index is 1.91. The van der Waals surface area contributed by atoms with Gasteiger partial charge in [0.1, 0.15) is 11.6 Å². The molecule has 0 spiro atoms. The minimum atomic E-state index is -3.24. The largest absolute Gasteiger partial charge is 0.364 e. The summed E-state index contributed by atoms with van der Waals surface area (Å²) in [5, 5.41) is 19.3. The first kappa shape index (κ1) is 16.7. The zero-order valence-electron chi connectivity index (χ0n) is 11.1. The van der Waals surface area contributed by atoms with Crippen LogP contribution in [0.15, 0.2) is 48.5 Å². The summed E-state index contributed by atoms with van der Waals surface area (Å²) >= 11 is 0. The maximum absolute atomic E-state index is 12.7. The van der Waals surface area contributed by atoms with Gasteiger partial charge in [0.25, 0.3) is 0 Å². The molecule has 2 unspecified atom stereocenters. The molecule has 118 valence electrons. The fraction of sp³-hybridized carbons (Fsp3) is 0.143. The molecule has 8 heteroatoms. The molecule has 2 atom stereocenters. The molecular formula is C14H13F2O5P. The summed E-state index contributed by atoms with van der Waals surface area (Å²) < 4.78 is 46.5. The van der Waals surface area contributed by atoms with Gasteiger partial charge >= 0.3 is 8.25 Å². The van der Waals surface area contributed by atoms with Crippen molar-refractivity contribution in [2.75, 3.05) is 0 Å². The summed E-state index contributed by atoms with van der Waals surface area (Å²) in [5.74, 6) is -0.988. The van der Waals surface area contributed by atoms with Gasteiger partial charge in [-0.05, 0) is 24.3 Å². The van der Waals surface area contributed by atoms with Crippen LogP contribution in [0.3, 0.4) is 0 Å². The number of hydrogen-bond donors (Lipinski definition) is 2. The first-order chi connectivity index (χ1) is 10.5. The van der Waals surface area contributed by atoms with Crippen molar-refractivity contribution in [2.24, 2.45) is 0 Å². The molecule has 0 saturated heterocycles. The summed E-state index contributed by atoms with van der Waals surface area (Å²) in [4.78, 5) is 0. The average molecular weight is 330 g/mol. The smallest absolute Gasteiger partial charge is 0.324 e. The number of rotatable bonds is 6. The third-order valence-corrected chi connectivity index (χ3v) is 3.56. The van der Waals surface area contributed by atoms with Crippen LogP contribution in [0.25, 0.3) is 0 Å². The standard InChI is InChI=1S/C14H13F2O5P/c15-11-5-1-9(2-6-11)13(17)20-22(19)21-14(18)10-3-7-12(16)8-4-10/h1-8,13-14,17-18,22H. The number of hydrogen-bond acceptors (Lipinski definition) is 5. The van der Waals surface area contributed by atoms with E-state index in [1.165, 1.54) is 24.3 Å². The molecule has 2 aromatic rings. The van der Waals surface area contributed by atoms with E-state index in [0.29, 0.717) is 0 Å². The highest BCUT2D eigenvalue weighted by Crippen LogP contribution is 2.36. The van der Waals surface area contributed by atoms with Gasteiger partial charge in [0.2, 0.25) is 0 Å². The molecule has 0 aliphatic rings. The molecule has 22 heavy (non-hydrogen) atoms. The average Bonchev–Trinajstić information content (AvgIpc) is 2.48. The van der Waals surface area contributed by atoms with E-state index in [-0.39, 0.29) is 11.1 Å². The topological polar surface area (TPSA) is 76.0 Å². The van der Waals surface area contributed by atoms with Gasteiger partial charge in [0, 0.05) is 11.1 Å². The number of benzene rings is 2. The SMILES string of the molecule is O=[PH](OC(O)c1ccc(F)cc1)OC(O)c1ccc(F)cc1. The molecule has 0 saturated carbocycles. The van der Waals surface area contributed by atoms with Gasteiger partial charge in [0.05, 0.1) is 0 Å². The van der Waals surface area contributed by atoms with Gasteiger partial charge in [-0.15, -0.1) is 0 Å². The Labute approximate surface area is 125 Å². The maximum Gasteiger partial charge on any atom is 0.324 e. The molecule has 0 aromatic heterocycles. The van der Waals surface area contributed by atoms with E-state index in [0.717, 1.165) is 24.3 Å². The van der Waals surface area contributed by atoms with Crippen molar-refractivity contribution in [2.45, 2.75) is 12.6 Å². The first-order valence-electron chi connectivity index (χ1n) is 6.20. The molecular weight excluding hydrogens is 317 g/mol. The summed E-state index contributed by atoms with van der Waals surface area (Å²) in [5.41, 5.74) is 0.360. The van der Waals surface area contributed by atoms with Crippen LogP contribution in [0, 0.1) is 11.6 Å². The van der Waals surface area contributed by atoms with Crippen LogP contribution in [0.2, 0.25) is 0 Å². The van der Waals surface area contributed by atoms with Crippen molar-refractivity contribution < 1.29 is 32.6 Å². The zero-order chi connectivity index (χ0) is 16.1. The van der Waals surface area contributed by atoms with Gasteiger partial charge in [0.15, 0.2) is 12.6 Å². The van der Waals surface area contributed by atoms with E-state index < -0.39 is 32.5 Å². The molecule has 0 aliphatic carbocycles. The highest BCUT2D eigenvalue weighted by molar-refractivity contribution is 7.33. The first-order valence-corrected chi connectivity index (χ1v) is 7.42. The van der Waals surface area contributed by atoms with Crippen molar-refractivity contribution in [3.05, 3.63) is 71.3 Å². The van der Waals surface area contributed by atoms with Crippen LogP contribution in [-0.4, -0.2) is 10.2 Å². The molecule has 0 amide bonds. The second kappa shape index (κ2) is 7.58. The Morgan fingerprint density at radius 3 is 1.41 bits per heavy atom. The minimum absolute atomic E-state index is 0.180. The Bertz CT molecular complexity index is 577. The highest BCUT2D eigenvalue weighted by atomic mass is 31.1. The molecule has 2 rings (SSSR count). The maximum atomic E-state index is 12.7. The van der Waals surface area contributed by atoms with E-state index in [1.807, 2.05) is 0 Å². The predicted octanol–water partition coefficient (Wildman–Crippen LogP) is 3.07. The molecule has 2 N–H and O–H groups in total. The molecule has 0 radical (unpaired) electrons. The molecule has 5 nitrogen and oxygen atoms in total. The van der Waals surface area contributed by atoms with Crippen LogP contribution in [0.5, 0.6) is 0 Å². The summed E-state index contributed by atoms with van der Waals surface area (Å²) in [6, 6.07) is 9.44. The number of halogens is 2. The Morgan fingerprint density at radius 2 is 1.09 bits per heavy atom. The molecule has 0 fully saturated rings. The van der Waals surface area contributed by atoms with Crippen LogP contribution < -0.4 is 0 Å². The Hall–Kier alpha value is -1.63. The van der Waals surface area contributed by atoms with E-state index >= 15 is 0 Å². The molecule has 0 aliphatic heterocycles. The van der Waals surface area contributed by atoms with Crippen molar-refractivity contribution in [3.63, 3.8) is 0 Å². The predicted molar refractivity (Wildman–Crippen MR) is 73.9 cm³/mol. The van der Waals surface area contributed by atoms with Gasteiger partial charge in [-0.25, -0.2) is 8.78 Å². The lowest BCUT2D eigenvalue weighted by Crippen LogP contribution is -2.02. The van der Waals surface area contributed by atoms with E-state index in [9.17, 15) is 23.6 Å². The van der Waals surface area contributed by atoms with E-state index in [4.69, 9.17) is 9.05 Å². The Morgan fingerprint density at radius 1 is 0.773 bits per heavy atom. The van der Waals surface area contributed by atoms with E-state index in [2.05, 4.69) is 0 Å². The van der Waals surface area contributed by atoms with Crippen molar-refractivity contribution >= 4 is 8.25 Å². The summed E-state index contributed by atoms with van der Waals surface area (Å²) in [6.07, 6.45) is -3.18. The zero-order valence-corrected chi connectivity index (χ0v) is 12.1. The van der Waals surface area contributed by atoms with Gasteiger partial charge < -0.3 is 10.2 Å². The monoisotopic (exact) mass is 330 g/mol. The number of aliphatic hydroxyl groups excluding tert-OH is 2. The van der Waals surface area contributed by atoms with Crippen LogP contribution >= 0.6 is 8.25 Å². The number of aliphatic hydroxyl groups is 2. The second-order valence-electron chi connectivity index (χ2n) is 4.29.